The van der Waals surface area contributed by atoms with E-state index in [0.717, 1.165) is 0 Å². The van der Waals surface area contributed by atoms with E-state index in [-0.39, 0.29) is 0 Å². The molecule has 5 heteroatoms. The average Bonchev–Trinajstić information content (AvgIpc) is 2.14. The van der Waals surface area contributed by atoms with Gasteiger partial charge in [-0.15, -0.1) is 0 Å². The maximum atomic E-state index is 12.6. The highest BCUT2D eigenvalue weighted by Gasteiger charge is 2.57. The Labute approximate surface area is 62.0 Å². The predicted molar refractivity (Wildman–Crippen MR) is 31.1 cm³/mol. The molecule has 0 saturated carbocycles. The molecule has 0 aromatic rings. The molecule has 64 valence electrons. The molecule has 1 rings (SSSR count). The van der Waals surface area contributed by atoms with Gasteiger partial charge in [0.2, 0.25) is 0 Å². The van der Waals surface area contributed by atoms with E-state index < -0.39 is 30.5 Å². The van der Waals surface area contributed by atoms with Crippen molar-refractivity contribution in [1.82, 2.24) is 0 Å². The Kier molecular flexibility index (Phi) is 1.83. The van der Waals surface area contributed by atoms with E-state index in [9.17, 15) is 13.6 Å². The summed E-state index contributed by atoms with van der Waals surface area (Å²) in [7, 11) is 0. The number of halogens is 2. The van der Waals surface area contributed by atoms with Gasteiger partial charge in [0.25, 0.3) is 0 Å². The molecule has 1 fully saturated rings. The van der Waals surface area contributed by atoms with E-state index in [0.29, 0.717) is 0 Å². The fourth-order valence-electron chi connectivity index (χ4n) is 0.933. The lowest BCUT2D eigenvalue weighted by Crippen LogP contribution is -2.31. The van der Waals surface area contributed by atoms with Crippen LogP contribution in [0.25, 0.3) is 0 Å². The fourth-order valence-corrected chi connectivity index (χ4v) is 0.933. The van der Waals surface area contributed by atoms with Crippen LogP contribution in [0.15, 0.2) is 0 Å². The van der Waals surface area contributed by atoms with Crippen molar-refractivity contribution in [3.05, 3.63) is 0 Å². The molecule has 0 aromatic carbocycles. The molecule has 0 aliphatic carbocycles. The molecule has 11 heavy (non-hydrogen) atoms. The number of cyclic esters (lactones) is 1. The van der Waals surface area contributed by atoms with Crippen LogP contribution in [0.2, 0.25) is 0 Å². The van der Waals surface area contributed by atoms with Crippen LogP contribution < -0.4 is 0 Å². The summed E-state index contributed by atoms with van der Waals surface area (Å²) in [6.07, 6.45) is -1.06. The van der Waals surface area contributed by atoms with Crippen LogP contribution in [0.5, 0.6) is 0 Å². The average molecular weight is 166 g/mol. The number of aliphatic hydroxyl groups is 1. The second kappa shape index (κ2) is 2.41. The molecule has 3 nitrogen and oxygen atoms in total. The van der Waals surface area contributed by atoms with E-state index >= 15 is 0 Å². The fraction of sp³-hybridized carbons (Fsp3) is 0.833. The SMILES string of the molecule is CC1[C@@H](CO)OC(=O)C1(F)F. The van der Waals surface area contributed by atoms with Crippen LogP contribution in [0.3, 0.4) is 0 Å². The Morgan fingerprint density at radius 2 is 2.27 bits per heavy atom. The third kappa shape index (κ3) is 1.09. The summed E-state index contributed by atoms with van der Waals surface area (Å²) < 4.78 is 29.4. The van der Waals surface area contributed by atoms with Gasteiger partial charge in [0, 0.05) is 0 Å². The van der Waals surface area contributed by atoms with Gasteiger partial charge < -0.3 is 9.84 Å². The van der Waals surface area contributed by atoms with Crippen molar-refractivity contribution in [3.63, 3.8) is 0 Å². The van der Waals surface area contributed by atoms with Crippen LogP contribution in [-0.4, -0.2) is 29.7 Å². The number of carbonyl (C=O) groups excluding carboxylic acids is 1. The van der Waals surface area contributed by atoms with E-state index in [1.165, 1.54) is 6.92 Å². The minimum absolute atomic E-state index is 0.553. The van der Waals surface area contributed by atoms with Crippen LogP contribution in [0.1, 0.15) is 6.92 Å². The van der Waals surface area contributed by atoms with Crippen LogP contribution in [0.4, 0.5) is 8.78 Å². The molecule has 1 N–H and O–H groups in total. The van der Waals surface area contributed by atoms with E-state index in [1.54, 1.807) is 0 Å². The highest BCUT2D eigenvalue weighted by molar-refractivity contribution is 5.80. The van der Waals surface area contributed by atoms with Crippen molar-refractivity contribution < 1.29 is 23.4 Å². The summed E-state index contributed by atoms with van der Waals surface area (Å²) in [6, 6.07) is 0. The first-order valence-corrected chi connectivity index (χ1v) is 3.20. The summed E-state index contributed by atoms with van der Waals surface area (Å²) >= 11 is 0. The Morgan fingerprint density at radius 1 is 1.73 bits per heavy atom. The van der Waals surface area contributed by atoms with E-state index in [4.69, 9.17) is 5.11 Å². The number of hydrogen-bond donors (Lipinski definition) is 1. The molecule has 0 radical (unpaired) electrons. The number of hydrogen-bond acceptors (Lipinski definition) is 3. The van der Waals surface area contributed by atoms with Gasteiger partial charge in [-0.2, -0.15) is 8.78 Å². The largest absolute Gasteiger partial charge is 0.455 e. The third-order valence-electron chi connectivity index (χ3n) is 1.84. The van der Waals surface area contributed by atoms with Crippen molar-refractivity contribution in [2.45, 2.75) is 19.0 Å². The maximum Gasteiger partial charge on any atom is 0.377 e. The van der Waals surface area contributed by atoms with Gasteiger partial charge >= 0.3 is 11.9 Å². The molecule has 1 saturated heterocycles. The minimum Gasteiger partial charge on any atom is -0.455 e. The lowest BCUT2D eigenvalue weighted by Gasteiger charge is -2.11. The second-order valence-electron chi connectivity index (χ2n) is 2.54. The standard InChI is InChI=1S/C6H8F2O3/c1-3-4(2-9)11-5(10)6(3,7)8/h3-4,9H,2H2,1H3/t3?,4-/m1/s1. The number of carbonyl (C=O) groups is 1. The van der Waals surface area contributed by atoms with Crippen molar-refractivity contribution in [2.75, 3.05) is 6.61 Å². The molecule has 1 unspecified atom stereocenters. The van der Waals surface area contributed by atoms with E-state index in [2.05, 4.69) is 4.74 Å². The molecule has 1 aliphatic heterocycles. The Hall–Kier alpha value is -0.710. The zero-order valence-corrected chi connectivity index (χ0v) is 5.88. The normalized spacial score (nSPS) is 35.5. The molecule has 0 spiro atoms. The molecule has 0 amide bonds. The van der Waals surface area contributed by atoms with Crippen molar-refractivity contribution >= 4 is 5.97 Å². The van der Waals surface area contributed by atoms with Crippen molar-refractivity contribution in [1.29, 1.82) is 0 Å². The Balaban J connectivity index is 2.80. The summed E-state index contributed by atoms with van der Waals surface area (Å²) in [4.78, 5) is 10.4. The van der Waals surface area contributed by atoms with Gasteiger partial charge in [0.15, 0.2) is 0 Å². The monoisotopic (exact) mass is 166 g/mol. The Morgan fingerprint density at radius 3 is 2.45 bits per heavy atom. The van der Waals surface area contributed by atoms with Gasteiger partial charge in [-0.25, -0.2) is 4.79 Å². The first-order chi connectivity index (χ1) is 5.00. The topological polar surface area (TPSA) is 46.5 Å². The van der Waals surface area contributed by atoms with E-state index in [1.807, 2.05) is 0 Å². The highest BCUT2D eigenvalue weighted by Crippen LogP contribution is 2.36. The predicted octanol–water partition coefficient (Wildman–Crippen LogP) is 0.176. The first kappa shape index (κ1) is 8.39. The summed E-state index contributed by atoms with van der Waals surface area (Å²) in [6.45, 7) is 0.619. The lowest BCUT2D eigenvalue weighted by atomic mass is 10.0. The quantitative estimate of drug-likeness (QED) is 0.565. The molecular formula is C6H8F2O3. The van der Waals surface area contributed by atoms with Gasteiger partial charge in [-0.3, -0.25) is 0 Å². The molecular weight excluding hydrogens is 158 g/mol. The van der Waals surface area contributed by atoms with Gasteiger partial charge in [-0.05, 0) is 0 Å². The van der Waals surface area contributed by atoms with Gasteiger partial charge in [0.1, 0.15) is 6.10 Å². The maximum absolute atomic E-state index is 12.6. The number of aliphatic hydroxyl groups excluding tert-OH is 1. The summed E-state index contributed by atoms with van der Waals surface area (Å²) in [5, 5.41) is 8.48. The summed E-state index contributed by atoms with van der Waals surface area (Å²) in [5.41, 5.74) is 0. The molecule has 1 aliphatic rings. The number of rotatable bonds is 1. The van der Waals surface area contributed by atoms with Gasteiger partial charge in [-0.1, -0.05) is 6.92 Å². The lowest BCUT2D eigenvalue weighted by molar-refractivity contribution is -0.160. The van der Waals surface area contributed by atoms with Crippen molar-refractivity contribution in [2.24, 2.45) is 5.92 Å². The second-order valence-corrected chi connectivity index (χ2v) is 2.54. The van der Waals surface area contributed by atoms with Crippen molar-refractivity contribution in [3.8, 4) is 0 Å². The summed E-state index contributed by atoms with van der Waals surface area (Å²) in [5.74, 6) is -6.21. The van der Waals surface area contributed by atoms with Crippen LogP contribution >= 0.6 is 0 Å². The zero-order chi connectivity index (χ0) is 8.65. The first-order valence-electron chi connectivity index (χ1n) is 3.20. The van der Waals surface area contributed by atoms with Gasteiger partial charge in [0.05, 0.1) is 12.5 Å². The number of ether oxygens (including phenoxy) is 1. The zero-order valence-electron chi connectivity index (χ0n) is 5.88. The molecule has 1 heterocycles. The number of alkyl halides is 2. The number of esters is 1. The van der Waals surface area contributed by atoms with Crippen LogP contribution in [-0.2, 0) is 9.53 Å². The minimum atomic E-state index is -3.44. The Bertz CT molecular complexity index is 181. The van der Waals surface area contributed by atoms with Crippen LogP contribution in [0, 0.1) is 5.92 Å². The third-order valence-corrected chi connectivity index (χ3v) is 1.84. The molecule has 0 bridgehead atoms. The highest BCUT2D eigenvalue weighted by atomic mass is 19.3. The smallest absolute Gasteiger partial charge is 0.377 e. The molecule has 0 aromatic heterocycles. The molecule has 2 atom stereocenters.